The molecule has 0 heterocycles. The first kappa shape index (κ1) is 66.6. The molecule has 1 atom stereocenters. The molecule has 400 valence electrons. The molecule has 0 aromatic rings. The molecule has 5 heteroatoms. The molecule has 0 fully saturated rings. The third-order valence-corrected chi connectivity index (χ3v) is 12.3. The Kier molecular flexibility index (Phi) is 56.9. The number of carbonyl (C=O) groups excluding carboxylic acids is 2. The molecule has 0 aliphatic heterocycles. The molecule has 0 bridgehead atoms. The van der Waals surface area contributed by atoms with Gasteiger partial charge in [-0.25, -0.2) is 0 Å². The van der Waals surface area contributed by atoms with Crippen molar-refractivity contribution in [3.63, 3.8) is 0 Å². The Balaban J connectivity index is 4.37. The lowest BCUT2D eigenvalue weighted by molar-refractivity contribution is -0.163. The maximum Gasteiger partial charge on any atom is 0.306 e. The number of hydrogen-bond acceptors (Lipinski definition) is 5. The molecule has 1 unspecified atom stereocenters. The van der Waals surface area contributed by atoms with Crippen LogP contribution in [-0.2, 0) is 23.8 Å². The predicted molar refractivity (Wildman–Crippen MR) is 306 cm³/mol. The molecule has 5 nitrogen and oxygen atoms in total. The van der Waals surface area contributed by atoms with E-state index in [9.17, 15) is 9.59 Å². The van der Waals surface area contributed by atoms with Gasteiger partial charge in [-0.3, -0.25) is 9.59 Å². The van der Waals surface area contributed by atoms with Crippen molar-refractivity contribution in [1.82, 2.24) is 0 Å². The van der Waals surface area contributed by atoms with Gasteiger partial charge in [0.2, 0.25) is 0 Å². The second kappa shape index (κ2) is 59.9. The fourth-order valence-electron chi connectivity index (χ4n) is 7.89. The summed E-state index contributed by atoms with van der Waals surface area (Å²) in [5.74, 6) is -0.433. The molecule has 0 spiro atoms. The maximum absolute atomic E-state index is 12.9. The highest BCUT2D eigenvalue weighted by Gasteiger charge is 2.17. The zero-order valence-corrected chi connectivity index (χ0v) is 46.0. The lowest BCUT2D eigenvalue weighted by atomic mass is 10.1. The van der Waals surface area contributed by atoms with E-state index in [2.05, 4.69) is 130 Å². The highest BCUT2D eigenvalue weighted by Crippen LogP contribution is 2.14. The SMILES string of the molecule is CC/C=C\C/C=C\C/C=C\C/C=C\CCCCCCCCC(=O)OCC(COCCCCCCCC/C=C\C/C=C\CCCCC)OC(=O)CCCCCCCC/C=C\C/C=C\C/C=C\CCCCC. The molecule has 0 saturated carbocycles. The minimum Gasteiger partial charge on any atom is -0.462 e. The largest absolute Gasteiger partial charge is 0.462 e. The smallest absolute Gasteiger partial charge is 0.306 e. The summed E-state index contributed by atoms with van der Waals surface area (Å²) in [6.07, 6.45) is 82.4. The van der Waals surface area contributed by atoms with Crippen molar-refractivity contribution in [3.05, 3.63) is 109 Å². The van der Waals surface area contributed by atoms with Crippen molar-refractivity contribution >= 4 is 11.9 Å². The molecule has 70 heavy (non-hydrogen) atoms. The summed E-state index contributed by atoms with van der Waals surface area (Å²) in [7, 11) is 0. The van der Waals surface area contributed by atoms with Crippen LogP contribution in [0.1, 0.15) is 265 Å². The molecule has 0 amide bonds. The predicted octanol–water partition coefficient (Wildman–Crippen LogP) is 20.3. The third-order valence-electron chi connectivity index (χ3n) is 12.3. The Labute approximate surface area is 434 Å². The minimum absolute atomic E-state index is 0.0623. The average molecular weight is 972 g/mol. The number of hydrogen-bond donors (Lipinski definition) is 0. The standard InChI is InChI=1S/C65H110O5/c1-4-7-10-13-16-19-22-25-28-31-33-35-37-40-43-46-49-52-55-58-64(66)69-62-63(61-68-60-57-54-51-48-45-42-39-30-27-24-21-18-15-12-9-6-3)70-65(67)59-56-53-50-47-44-41-38-36-34-32-29-26-23-20-17-14-11-8-5-2/h7,10,16-21,25-30,33-36,63H,4-6,8-9,11-15,22-24,31-32,37-62H2,1-3H3/b10-7-,19-16-,20-17-,21-18-,28-25-,29-26-,30-27-,35-33-,36-34-. The van der Waals surface area contributed by atoms with Crippen LogP contribution in [0, 0.1) is 0 Å². The van der Waals surface area contributed by atoms with E-state index < -0.39 is 6.10 Å². The molecule has 0 saturated heterocycles. The van der Waals surface area contributed by atoms with E-state index in [0.29, 0.717) is 19.4 Å². The summed E-state index contributed by atoms with van der Waals surface area (Å²) in [5, 5.41) is 0. The lowest BCUT2D eigenvalue weighted by Gasteiger charge is -2.18. The topological polar surface area (TPSA) is 61.8 Å². The van der Waals surface area contributed by atoms with E-state index in [-0.39, 0.29) is 25.2 Å². The first-order valence-electron chi connectivity index (χ1n) is 29.4. The monoisotopic (exact) mass is 971 g/mol. The van der Waals surface area contributed by atoms with Gasteiger partial charge in [0, 0.05) is 19.4 Å². The number of esters is 2. The Morgan fingerprint density at radius 1 is 0.329 bits per heavy atom. The number of ether oxygens (including phenoxy) is 3. The number of carbonyl (C=O) groups is 2. The van der Waals surface area contributed by atoms with Crippen molar-refractivity contribution < 1.29 is 23.8 Å². The lowest BCUT2D eigenvalue weighted by Crippen LogP contribution is -2.30. The Morgan fingerprint density at radius 3 is 1.03 bits per heavy atom. The van der Waals surface area contributed by atoms with E-state index in [1.54, 1.807) is 0 Å². The van der Waals surface area contributed by atoms with Gasteiger partial charge in [-0.05, 0) is 128 Å². The van der Waals surface area contributed by atoms with Gasteiger partial charge in [0.15, 0.2) is 6.10 Å². The van der Waals surface area contributed by atoms with E-state index in [1.807, 2.05) is 0 Å². The van der Waals surface area contributed by atoms with Gasteiger partial charge in [-0.1, -0.05) is 233 Å². The molecule has 0 rings (SSSR count). The summed E-state index contributed by atoms with van der Waals surface area (Å²) >= 11 is 0. The molecular weight excluding hydrogens is 861 g/mol. The normalized spacial score (nSPS) is 13.0. The Hall–Kier alpha value is -3.44. The highest BCUT2D eigenvalue weighted by atomic mass is 16.6. The fourth-order valence-corrected chi connectivity index (χ4v) is 7.89. The summed E-state index contributed by atoms with van der Waals surface area (Å²) in [6, 6.07) is 0. The quantitative estimate of drug-likeness (QED) is 0.0345. The van der Waals surface area contributed by atoms with Crippen molar-refractivity contribution in [1.29, 1.82) is 0 Å². The molecular formula is C65H110O5. The summed E-state index contributed by atoms with van der Waals surface area (Å²) in [6.45, 7) is 7.62. The van der Waals surface area contributed by atoms with Crippen molar-refractivity contribution in [3.8, 4) is 0 Å². The highest BCUT2D eigenvalue weighted by molar-refractivity contribution is 5.70. The van der Waals surface area contributed by atoms with Gasteiger partial charge in [0.1, 0.15) is 6.61 Å². The van der Waals surface area contributed by atoms with Gasteiger partial charge in [0.05, 0.1) is 6.61 Å². The zero-order chi connectivity index (χ0) is 50.6. The Morgan fingerprint density at radius 2 is 0.643 bits per heavy atom. The second-order valence-electron chi connectivity index (χ2n) is 19.2. The van der Waals surface area contributed by atoms with Crippen LogP contribution in [0.4, 0.5) is 0 Å². The van der Waals surface area contributed by atoms with Gasteiger partial charge in [-0.15, -0.1) is 0 Å². The molecule has 0 aliphatic rings. The van der Waals surface area contributed by atoms with Crippen molar-refractivity contribution in [2.45, 2.75) is 271 Å². The van der Waals surface area contributed by atoms with Crippen LogP contribution in [0.15, 0.2) is 109 Å². The van der Waals surface area contributed by atoms with Gasteiger partial charge >= 0.3 is 11.9 Å². The van der Waals surface area contributed by atoms with E-state index in [0.717, 1.165) is 109 Å². The summed E-state index contributed by atoms with van der Waals surface area (Å²) in [4.78, 5) is 25.6. The van der Waals surface area contributed by atoms with E-state index >= 15 is 0 Å². The molecule has 0 aromatic carbocycles. The van der Waals surface area contributed by atoms with E-state index in [4.69, 9.17) is 14.2 Å². The Bertz CT molecular complexity index is 1380. The molecule has 0 aliphatic carbocycles. The van der Waals surface area contributed by atoms with Gasteiger partial charge < -0.3 is 14.2 Å². The van der Waals surface area contributed by atoms with Gasteiger partial charge in [-0.2, -0.15) is 0 Å². The van der Waals surface area contributed by atoms with Crippen LogP contribution in [0.25, 0.3) is 0 Å². The molecule has 0 radical (unpaired) electrons. The summed E-state index contributed by atoms with van der Waals surface area (Å²) < 4.78 is 17.5. The molecule has 0 aromatic heterocycles. The molecule has 0 N–H and O–H groups in total. The second-order valence-corrected chi connectivity index (χ2v) is 19.2. The van der Waals surface area contributed by atoms with Crippen LogP contribution in [-0.4, -0.2) is 37.9 Å². The minimum atomic E-state index is -0.563. The fraction of sp³-hybridized carbons (Fsp3) is 0.692. The van der Waals surface area contributed by atoms with Crippen LogP contribution in [0.3, 0.4) is 0 Å². The van der Waals surface area contributed by atoms with E-state index in [1.165, 1.54) is 122 Å². The number of unbranched alkanes of at least 4 members (excludes halogenated alkanes) is 24. The van der Waals surface area contributed by atoms with Crippen LogP contribution in [0.5, 0.6) is 0 Å². The van der Waals surface area contributed by atoms with Crippen LogP contribution >= 0.6 is 0 Å². The zero-order valence-electron chi connectivity index (χ0n) is 46.0. The van der Waals surface area contributed by atoms with Crippen molar-refractivity contribution in [2.24, 2.45) is 0 Å². The maximum atomic E-state index is 12.9. The van der Waals surface area contributed by atoms with Crippen LogP contribution < -0.4 is 0 Å². The van der Waals surface area contributed by atoms with Crippen LogP contribution in [0.2, 0.25) is 0 Å². The third kappa shape index (κ3) is 57.1. The van der Waals surface area contributed by atoms with Crippen molar-refractivity contribution in [2.75, 3.05) is 19.8 Å². The van der Waals surface area contributed by atoms with Gasteiger partial charge in [0.25, 0.3) is 0 Å². The number of allylic oxidation sites excluding steroid dienone is 18. The number of rotatable bonds is 53. The summed E-state index contributed by atoms with van der Waals surface area (Å²) in [5.41, 5.74) is 0. The first-order chi connectivity index (χ1) is 34.6. The average Bonchev–Trinajstić information content (AvgIpc) is 3.36. The first-order valence-corrected chi connectivity index (χ1v) is 29.4.